The van der Waals surface area contributed by atoms with Crippen LogP contribution in [0.25, 0.3) is 6.08 Å². The Balaban J connectivity index is 1.61. The first-order valence-electron chi connectivity index (χ1n) is 10.2. The van der Waals surface area contributed by atoms with Crippen molar-refractivity contribution in [2.45, 2.75) is 64.7 Å². The molecule has 0 atom stereocenters. The minimum absolute atomic E-state index is 0.0586. The first kappa shape index (κ1) is 23.5. The second-order valence-electron chi connectivity index (χ2n) is 8.71. The van der Waals surface area contributed by atoms with Gasteiger partial charge in [-0.2, -0.15) is 8.78 Å². The Labute approximate surface area is 181 Å². The second kappa shape index (κ2) is 9.12. The van der Waals surface area contributed by atoms with Crippen molar-refractivity contribution in [1.82, 2.24) is 9.62 Å². The summed E-state index contributed by atoms with van der Waals surface area (Å²) in [4.78, 5) is 14.0. The minimum Gasteiger partial charge on any atom is -0.444 e. The highest BCUT2D eigenvalue weighted by molar-refractivity contribution is 7.93. The molecule has 1 N–H and O–H groups in total. The van der Waals surface area contributed by atoms with E-state index in [1.165, 1.54) is 12.1 Å². The quantitative estimate of drug-likeness (QED) is 0.724. The molecule has 0 radical (unpaired) electrons. The van der Waals surface area contributed by atoms with E-state index >= 15 is 0 Å². The van der Waals surface area contributed by atoms with Gasteiger partial charge in [0.2, 0.25) is 10.0 Å². The van der Waals surface area contributed by atoms with Crippen LogP contribution in [0, 0.1) is 0 Å². The van der Waals surface area contributed by atoms with Crippen LogP contribution in [-0.4, -0.2) is 50.8 Å². The molecule has 1 aliphatic carbocycles. The summed E-state index contributed by atoms with van der Waals surface area (Å²) in [6.45, 7) is 3.32. The zero-order valence-corrected chi connectivity index (χ0v) is 18.7. The van der Waals surface area contributed by atoms with Gasteiger partial charge in [0.25, 0.3) is 0 Å². The van der Waals surface area contributed by atoms with Crippen molar-refractivity contribution in [3.05, 3.63) is 34.2 Å². The number of amides is 1. The number of nitrogens with one attached hydrogen (secondary N) is 1. The number of likely N-dealkylation sites (tertiary alicyclic amines) is 1. The molecule has 10 heteroatoms. The van der Waals surface area contributed by atoms with E-state index in [2.05, 4.69) is 9.46 Å². The molecule has 0 spiro atoms. The van der Waals surface area contributed by atoms with Crippen LogP contribution in [0.1, 0.15) is 51.2 Å². The van der Waals surface area contributed by atoms with Crippen molar-refractivity contribution >= 4 is 22.2 Å². The van der Waals surface area contributed by atoms with Gasteiger partial charge in [-0.15, -0.1) is 0 Å². The Bertz CT molecular complexity index is 949. The molecule has 0 unspecified atom stereocenters. The largest absolute Gasteiger partial charge is 0.444 e. The van der Waals surface area contributed by atoms with E-state index in [0.717, 1.165) is 5.56 Å². The Morgan fingerprint density at radius 3 is 2.48 bits per heavy atom. The van der Waals surface area contributed by atoms with Gasteiger partial charge >= 0.3 is 12.7 Å². The normalized spacial score (nSPS) is 17.9. The highest BCUT2D eigenvalue weighted by Crippen LogP contribution is 2.30. The van der Waals surface area contributed by atoms with Gasteiger partial charge in [0.1, 0.15) is 11.4 Å². The summed E-state index contributed by atoms with van der Waals surface area (Å²) in [5, 5.41) is 0. The van der Waals surface area contributed by atoms with Crippen LogP contribution in [0.2, 0.25) is 0 Å². The Morgan fingerprint density at radius 1 is 1.19 bits per heavy atom. The number of alkyl halides is 2. The van der Waals surface area contributed by atoms with E-state index in [1.54, 1.807) is 37.8 Å². The number of halogens is 2. The number of fused-ring (bicyclic) bond motifs is 1. The lowest BCUT2D eigenvalue weighted by Crippen LogP contribution is -2.48. The number of sulfonamides is 1. The molecule has 1 aliphatic heterocycles. The number of allylic oxidation sites excluding steroid dienone is 1. The molecule has 1 aromatic rings. The van der Waals surface area contributed by atoms with Crippen LogP contribution < -0.4 is 9.46 Å². The van der Waals surface area contributed by atoms with Crippen molar-refractivity contribution in [3.8, 4) is 5.75 Å². The lowest BCUT2D eigenvalue weighted by atomic mass is 9.97. The molecule has 0 aromatic heterocycles. The van der Waals surface area contributed by atoms with Crippen molar-refractivity contribution in [3.63, 3.8) is 0 Å². The molecule has 31 heavy (non-hydrogen) atoms. The molecule has 7 nitrogen and oxygen atoms in total. The van der Waals surface area contributed by atoms with E-state index < -0.39 is 28.3 Å². The summed E-state index contributed by atoms with van der Waals surface area (Å²) in [5.41, 5.74) is 0.863. The van der Waals surface area contributed by atoms with E-state index in [0.29, 0.717) is 37.9 Å². The van der Waals surface area contributed by atoms with E-state index in [1.807, 2.05) is 0 Å². The summed E-state index contributed by atoms with van der Waals surface area (Å²) < 4.78 is 63.0. The number of carbonyl (C=O) groups is 1. The van der Waals surface area contributed by atoms with Crippen molar-refractivity contribution in [1.29, 1.82) is 0 Å². The maximum absolute atomic E-state index is 12.9. The lowest BCUT2D eigenvalue weighted by molar-refractivity contribution is -0.0498. The number of hydrogen-bond acceptors (Lipinski definition) is 5. The average Bonchev–Trinajstić information content (AvgIpc) is 2.66. The fourth-order valence-electron chi connectivity index (χ4n) is 3.63. The fourth-order valence-corrected chi connectivity index (χ4v) is 5.11. The van der Waals surface area contributed by atoms with Crippen molar-refractivity contribution < 1.29 is 31.5 Å². The van der Waals surface area contributed by atoms with Crippen LogP contribution in [0.4, 0.5) is 13.6 Å². The van der Waals surface area contributed by atoms with Crippen LogP contribution in [0.3, 0.4) is 0 Å². The minimum atomic E-state index is -3.70. The van der Waals surface area contributed by atoms with Gasteiger partial charge in [-0.1, -0.05) is 6.07 Å². The summed E-state index contributed by atoms with van der Waals surface area (Å²) in [7, 11) is -3.70. The lowest BCUT2D eigenvalue weighted by Gasteiger charge is -2.33. The first-order chi connectivity index (χ1) is 14.4. The van der Waals surface area contributed by atoms with Crippen LogP contribution in [-0.2, 0) is 21.2 Å². The number of hydrogen-bond donors (Lipinski definition) is 1. The predicted octanol–water partition coefficient (Wildman–Crippen LogP) is 3.89. The first-order valence-corrected chi connectivity index (χ1v) is 11.7. The predicted molar refractivity (Wildman–Crippen MR) is 112 cm³/mol. The SMILES string of the molecule is CC(C)(C)OC(=O)N1CCC(NS(=O)(=O)C2=Cc3ccc(OC(F)F)cc3CC2)CC1. The molecule has 2 aliphatic rings. The fraction of sp³-hybridized carbons (Fsp3) is 0.571. The maximum atomic E-state index is 12.9. The topological polar surface area (TPSA) is 84.9 Å². The molecule has 0 bridgehead atoms. The number of rotatable bonds is 5. The Kier molecular flexibility index (Phi) is 6.90. The van der Waals surface area contributed by atoms with Gasteiger partial charge in [-0.25, -0.2) is 17.9 Å². The average molecular weight is 459 g/mol. The molecule has 1 amide bonds. The summed E-state index contributed by atoms with van der Waals surface area (Å²) >= 11 is 0. The molecule has 3 rings (SSSR count). The number of carbonyl (C=O) groups excluding carboxylic acids is 1. The Hall–Kier alpha value is -2.20. The second-order valence-corrected chi connectivity index (χ2v) is 10.5. The summed E-state index contributed by atoms with van der Waals surface area (Å²) in [6, 6.07) is 4.23. The third-order valence-electron chi connectivity index (χ3n) is 5.11. The van der Waals surface area contributed by atoms with Gasteiger partial charge < -0.3 is 14.4 Å². The molecule has 1 saturated heterocycles. The van der Waals surface area contributed by atoms with Gasteiger partial charge in [0, 0.05) is 19.1 Å². The van der Waals surface area contributed by atoms with E-state index in [4.69, 9.17) is 4.74 Å². The Morgan fingerprint density at radius 2 is 1.87 bits per heavy atom. The molecule has 1 aromatic carbocycles. The zero-order valence-electron chi connectivity index (χ0n) is 17.9. The number of benzene rings is 1. The van der Waals surface area contributed by atoms with Gasteiger partial charge in [0.15, 0.2) is 0 Å². The molecule has 0 saturated carbocycles. The highest BCUT2D eigenvalue weighted by Gasteiger charge is 2.30. The summed E-state index contributed by atoms with van der Waals surface area (Å²) in [5.74, 6) is 0.0586. The molecular weight excluding hydrogens is 430 g/mol. The van der Waals surface area contributed by atoms with Crippen LogP contribution in [0.5, 0.6) is 5.75 Å². The standard InChI is InChI=1S/C21H28F2N2O5S/c1-21(2,3)30-20(26)25-10-8-16(9-11-25)24-31(27,28)18-7-5-14-12-17(29-19(22)23)6-4-15(14)13-18/h4,6,12-13,16,19,24H,5,7-11H2,1-3H3. The monoisotopic (exact) mass is 458 g/mol. The number of nitrogens with zero attached hydrogens (tertiary/aromatic N) is 1. The molecule has 1 fully saturated rings. The third kappa shape index (κ3) is 6.39. The third-order valence-corrected chi connectivity index (χ3v) is 6.77. The van der Waals surface area contributed by atoms with E-state index in [9.17, 15) is 22.0 Å². The molecule has 172 valence electrons. The van der Waals surface area contributed by atoms with Crippen LogP contribution in [0.15, 0.2) is 23.1 Å². The van der Waals surface area contributed by atoms with Crippen molar-refractivity contribution in [2.24, 2.45) is 0 Å². The van der Waals surface area contributed by atoms with E-state index in [-0.39, 0.29) is 23.1 Å². The maximum Gasteiger partial charge on any atom is 0.410 e. The molecule has 1 heterocycles. The molecular formula is C21H28F2N2O5S. The van der Waals surface area contributed by atoms with Gasteiger partial charge in [-0.05, 0) is 75.8 Å². The zero-order chi connectivity index (χ0) is 22.8. The highest BCUT2D eigenvalue weighted by atomic mass is 32.2. The smallest absolute Gasteiger partial charge is 0.410 e. The number of ether oxygens (including phenoxy) is 2. The number of piperidine rings is 1. The number of aryl methyl sites for hydroxylation is 1. The summed E-state index contributed by atoms with van der Waals surface area (Å²) in [6.07, 6.45) is 2.86. The van der Waals surface area contributed by atoms with Gasteiger partial charge in [-0.3, -0.25) is 0 Å². The van der Waals surface area contributed by atoms with Gasteiger partial charge in [0.05, 0.1) is 4.91 Å². The van der Waals surface area contributed by atoms with Crippen molar-refractivity contribution in [2.75, 3.05) is 13.1 Å². The van der Waals surface area contributed by atoms with Crippen LogP contribution >= 0.6 is 0 Å².